The van der Waals surface area contributed by atoms with Crippen LogP contribution in [0.4, 0.5) is 0 Å². The maximum absolute atomic E-state index is 12.3. The molecule has 0 atom stereocenters. The number of nitrogens with zero attached hydrogens (tertiary/aromatic N) is 2. The van der Waals surface area contributed by atoms with Crippen molar-refractivity contribution in [2.75, 3.05) is 6.54 Å². The molecule has 3 rings (SSSR count). The molecule has 0 aliphatic carbocycles. The molecule has 2 aromatic carbocycles. The van der Waals surface area contributed by atoms with Gasteiger partial charge < -0.3 is 4.98 Å². The van der Waals surface area contributed by atoms with E-state index in [0.717, 1.165) is 16.6 Å². The molecule has 0 spiro atoms. The third-order valence-electron chi connectivity index (χ3n) is 3.49. The van der Waals surface area contributed by atoms with E-state index >= 15 is 0 Å². The second-order valence-electron chi connectivity index (χ2n) is 5.01. The van der Waals surface area contributed by atoms with Crippen molar-refractivity contribution in [1.29, 1.82) is 5.26 Å². The number of H-pyrrole nitrogens is 1. The van der Waals surface area contributed by atoms with Crippen molar-refractivity contribution in [1.82, 2.24) is 14.7 Å². The molecule has 0 radical (unpaired) electrons. The molecular weight excluding hydrogens is 312 g/mol. The van der Waals surface area contributed by atoms with Crippen LogP contribution in [0.2, 0.25) is 0 Å². The molecule has 0 saturated heterocycles. The van der Waals surface area contributed by atoms with E-state index in [1.807, 2.05) is 24.3 Å². The largest absolute Gasteiger partial charge is 0.345 e. The lowest BCUT2D eigenvalue weighted by atomic mass is 10.1. The number of sulfonamides is 1. The predicted octanol–water partition coefficient (Wildman–Crippen LogP) is 1.96. The van der Waals surface area contributed by atoms with Crippen molar-refractivity contribution in [3.63, 3.8) is 0 Å². The van der Waals surface area contributed by atoms with Gasteiger partial charge in [-0.25, -0.2) is 18.1 Å². The van der Waals surface area contributed by atoms with Crippen molar-refractivity contribution in [2.45, 2.75) is 11.3 Å². The number of aromatic nitrogens is 2. The SMILES string of the molecule is N#Cc1ccccc1S(=O)(=O)NCCc1ccc2nc[nH]c2c1. The fourth-order valence-corrected chi connectivity index (χ4v) is 3.53. The Balaban J connectivity index is 1.71. The number of aromatic amines is 1. The van der Waals surface area contributed by atoms with Gasteiger partial charge in [0.15, 0.2) is 0 Å². The fourth-order valence-electron chi connectivity index (χ4n) is 2.34. The minimum atomic E-state index is -3.70. The van der Waals surface area contributed by atoms with E-state index in [1.165, 1.54) is 12.1 Å². The molecule has 0 amide bonds. The molecule has 1 aromatic heterocycles. The number of hydrogen-bond donors (Lipinski definition) is 2. The van der Waals surface area contributed by atoms with Crippen LogP contribution in [0.1, 0.15) is 11.1 Å². The molecule has 23 heavy (non-hydrogen) atoms. The number of fused-ring (bicyclic) bond motifs is 1. The topological polar surface area (TPSA) is 98.6 Å². The van der Waals surface area contributed by atoms with Gasteiger partial charge in [0.1, 0.15) is 6.07 Å². The molecule has 116 valence electrons. The first-order chi connectivity index (χ1) is 11.1. The van der Waals surface area contributed by atoms with Crippen molar-refractivity contribution in [3.8, 4) is 6.07 Å². The highest BCUT2D eigenvalue weighted by Gasteiger charge is 2.17. The Hall–Kier alpha value is -2.69. The fraction of sp³-hybridized carbons (Fsp3) is 0.125. The van der Waals surface area contributed by atoms with Crippen LogP contribution in [0, 0.1) is 11.3 Å². The Labute approximate surface area is 133 Å². The van der Waals surface area contributed by atoms with Crippen molar-refractivity contribution >= 4 is 21.1 Å². The lowest BCUT2D eigenvalue weighted by molar-refractivity contribution is 0.581. The summed E-state index contributed by atoms with van der Waals surface area (Å²) in [7, 11) is -3.70. The van der Waals surface area contributed by atoms with Gasteiger partial charge in [0, 0.05) is 6.54 Å². The molecule has 3 aromatic rings. The Morgan fingerprint density at radius 2 is 2.04 bits per heavy atom. The number of hydrogen-bond acceptors (Lipinski definition) is 4. The lowest BCUT2D eigenvalue weighted by Gasteiger charge is -2.08. The first-order valence-electron chi connectivity index (χ1n) is 7.01. The van der Waals surface area contributed by atoms with Crippen molar-refractivity contribution in [3.05, 3.63) is 59.9 Å². The average molecular weight is 326 g/mol. The maximum atomic E-state index is 12.3. The highest BCUT2D eigenvalue weighted by atomic mass is 32.2. The van der Waals surface area contributed by atoms with Crippen LogP contribution in [0.3, 0.4) is 0 Å². The zero-order valence-corrected chi connectivity index (χ0v) is 13.0. The molecule has 0 fully saturated rings. The summed E-state index contributed by atoms with van der Waals surface area (Å²) in [5.74, 6) is 0. The summed E-state index contributed by atoms with van der Waals surface area (Å²) in [6.07, 6.45) is 2.17. The van der Waals surface area contributed by atoms with Crippen LogP contribution in [0.15, 0.2) is 53.7 Å². The predicted molar refractivity (Wildman–Crippen MR) is 86.1 cm³/mol. The minimum Gasteiger partial charge on any atom is -0.345 e. The first-order valence-corrected chi connectivity index (χ1v) is 8.49. The van der Waals surface area contributed by atoms with Gasteiger partial charge in [-0.2, -0.15) is 5.26 Å². The van der Waals surface area contributed by atoms with Gasteiger partial charge in [-0.1, -0.05) is 18.2 Å². The molecule has 0 saturated carbocycles. The van der Waals surface area contributed by atoms with Gasteiger partial charge >= 0.3 is 0 Å². The van der Waals surface area contributed by atoms with Crippen LogP contribution in [-0.2, 0) is 16.4 Å². The third kappa shape index (κ3) is 3.23. The van der Waals surface area contributed by atoms with E-state index in [-0.39, 0.29) is 17.0 Å². The summed E-state index contributed by atoms with van der Waals surface area (Å²) < 4.78 is 27.1. The smallest absolute Gasteiger partial charge is 0.241 e. The number of rotatable bonds is 5. The van der Waals surface area contributed by atoms with E-state index in [1.54, 1.807) is 18.5 Å². The summed E-state index contributed by atoms with van der Waals surface area (Å²) in [4.78, 5) is 7.17. The Morgan fingerprint density at radius 3 is 2.87 bits per heavy atom. The van der Waals surface area contributed by atoms with Crippen LogP contribution in [-0.4, -0.2) is 24.9 Å². The van der Waals surface area contributed by atoms with Crippen molar-refractivity contribution < 1.29 is 8.42 Å². The number of benzene rings is 2. The minimum absolute atomic E-state index is 0.00604. The van der Waals surface area contributed by atoms with Crippen LogP contribution >= 0.6 is 0 Å². The van der Waals surface area contributed by atoms with Gasteiger partial charge in [0.05, 0.1) is 27.8 Å². The van der Waals surface area contributed by atoms with E-state index in [2.05, 4.69) is 14.7 Å². The molecule has 6 nitrogen and oxygen atoms in total. The molecule has 1 heterocycles. The van der Waals surface area contributed by atoms with E-state index in [4.69, 9.17) is 5.26 Å². The van der Waals surface area contributed by atoms with Gasteiger partial charge in [0.2, 0.25) is 10.0 Å². The Morgan fingerprint density at radius 1 is 1.22 bits per heavy atom. The molecule has 0 unspecified atom stereocenters. The quantitative estimate of drug-likeness (QED) is 0.748. The zero-order chi connectivity index (χ0) is 16.3. The van der Waals surface area contributed by atoms with Crippen LogP contribution in [0.25, 0.3) is 11.0 Å². The third-order valence-corrected chi connectivity index (χ3v) is 5.01. The van der Waals surface area contributed by atoms with Gasteiger partial charge in [-0.15, -0.1) is 0 Å². The monoisotopic (exact) mass is 326 g/mol. The molecule has 0 aliphatic heterocycles. The van der Waals surface area contributed by atoms with Crippen LogP contribution < -0.4 is 4.72 Å². The summed E-state index contributed by atoms with van der Waals surface area (Å²) in [6.45, 7) is 0.252. The molecular formula is C16H14N4O2S. The Kier molecular flexibility index (Phi) is 4.10. The highest BCUT2D eigenvalue weighted by molar-refractivity contribution is 7.89. The number of nitrogens with one attached hydrogen (secondary N) is 2. The molecule has 0 bridgehead atoms. The second-order valence-corrected chi connectivity index (χ2v) is 6.75. The highest BCUT2D eigenvalue weighted by Crippen LogP contribution is 2.15. The van der Waals surface area contributed by atoms with E-state index in [9.17, 15) is 8.42 Å². The van der Waals surface area contributed by atoms with Gasteiger partial charge in [-0.3, -0.25) is 0 Å². The number of imidazole rings is 1. The maximum Gasteiger partial charge on any atom is 0.241 e. The second kappa shape index (κ2) is 6.20. The average Bonchev–Trinajstić information content (AvgIpc) is 3.02. The van der Waals surface area contributed by atoms with E-state index < -0.39 is 10.0 Å². The lowest BCUT2D eigenvalue weighted by Crippen LogP contribution is -2.26. The molecule has 2 N–H and O–H groups in total. The van der Waals surface area contributed by atoms with Gasteiger partial charge in [0.25, 0.3) is 0 Å². The normalized spacial score (nSPS) is 11.4. The first kappa shape index (κ1) is 15.2. The summed E-state index contributed by atoms with van der Waals surface area (Å²) in [5.41, 5.74) is 2.93. The van der Waals surface area contributed by atoms with Gasteiger partial charge in [-0.05, 0) is 36.2 Å². The Bertz CT molecular complexity index is 986. The van der Waals surface area contributed by atoms with Crippen molar-refractivity contribution in [2.24, 2.45) is 0 Å². The summed E-state index contributed by atoms with van der Waals surface area (Å²) >= 11 is 0. The van der Waals surface area contributed by atoms with Crippen LogP contribution in [0.5, 0.6) is 0 Å². The standard InChI is InChI=1S/C16H14N4O2S/c17-10-13-3-1-2-4-16(13)23(21,22)20-8-7-12-5-6-14-15(9-12)19-11-18-14/h1-6,9,11,20H,7-8H2,(H,18,19). The van der Waals surface area contributed by atoms with E-state index in [0.29, 0.717) is 6.42 Å². The molecule has 0 aliphatic rings. The summed E-state index contributed by atoms with van der Waals surface area (Å²) in [6, 6.07) is 13.8. The number of nitriles is 1. The summed E-state index contributed by atoms with van der Waals surface area (Å²) in [5, 5.41) is 9.01. The molecule has 7 heteroatoms. The zero-order valence-electron chi connectivity index (χ0n) is 12.2.